The van der Waals surface area contributed by atoms with Gasteiger partial charge < -0.3 is 14.6 Å². The number of nitrogens with zero attached hydrogens (tertiary/aromatic N) is 1. The number of aromatic nitrogens is 1. The average Bonchev–Trinajstić information content (AvgIpc) is 2.86. The first-order chi connectivity index (χ1) is 11.4. The van der Waals surface area contributed by atoms with Crippen LogP contribution in [0.5, 0.6) is 0 Å². The minimum atomic E-state index is -0.467. The van der Waals surface area contributed by atoms with E-state index in [1.165, 1.54) is 0 Å². The summed E-state index contributed by atoms with van der Waals surface area (Å²) in [5, 5.41) is 6.59. The molecule has 1 N–H and O–H groups in total. The van der Waals surface area contributed by atoms with Crippen LogP contribution in [0, 0.1) is 13.8 Å². The number of carbonyl (C=O) groups is 2. The number of carbonyl (C=O) groups excluding carboxylic acids is 2. The number of benzene rings is 1. The number of esters is 1. The van der Waals surface area contributed by atoms with Gasteiger partial charge in [0.25, 0.3) is 0 Å². The largest absolute Gasteiger partial charge is 0.462 e. The lowest BCUT2D eigenvalue weighted by Gasteiger charge is -2.11. The van der Waals surface area contributed by atoms with E-state index < -0.39 is 5.97 Å². The molecule has 24 heavy (non-hydrogen) atoms. The first-order valence-electron chi connectivity index (χ1n) is 7.60. The second-order valence-electron chi connectivity index (χ2n) is 5.35. The highest BCUT2D eigenvalue weighted by molar-refractivity contribution is 9.10. The predicted octanol–water partition coefficient (Wildman–Crippen LogP) is 3.80. The molecule has 0 fully saturated rings. The highest BCUT2D eigenvalue weighted by atomic mass is 79.9. The van der Waals surface area contributed by atoms with Crippen LogP contribution in [0.4, 0.5) is 5.69 Å². The van der Waals surface area contributed by atoms with Crippen molar-refractivity contribution in [1.29, 1.82) is 0 Å². The third-order valence-corrected chi connectivity index (χ3v) is 3.92. The molecular formula is C17H19BrN2O4. The van der Waals surface area contributed by atoms with Gasteiger partial charge in [0, 0.05) is 10.0 Å². The van der Waals surface area contributed by atoms with Gasteiger partial charge in [-0.15, -0.1) is 0 Å². The number of rotatable bonds is 6. The fourth-order valence-corrected chi connectivity index (χ4v) is 2.54. The molecule has 0 saturated carbocycles. The number of aryl methyl sites for hydroxylation is 2. The van der Waals surface area contributed by atoms with E-state index >= 15 is 0 Å². The summed E-state index contributed by atoms with van der Waals surface area (Å²) in [5.41, 5.74) is 2.15. The zero-order valence-electron chi connectivity index (χ0n) is 13.8. The van der Waals surface area contributed by atoms with Crippen LogP contribution in [-0.2, 0) is 16.0 Å². The highest BCUT2D eigenvalue weighted by Gasteiger charge is 2.18. The van der Waals surface area contributed by atoms with Gasteiger partial charge in [0.15, 0.2) is 0 Å². The average molecular weight is 395 g/mol. The van der Waals surface area contributed by atoms with Crippen molar-refractivity contribution < 1.29 is 18.8 Å². The Morgan fingerprint density at radius 2 is 2.08 bits per heavy atom. The Balaban J connectivity index is 2.16. The van der Waals surface area contributed by atoms with E-state index in [1.807, 2.05) is 6.92 Å². The Hall–Kier alpha value is -2.15. The summed E-state index contributed by atoms with van der Waals surface area (Å²) in [7, 11) is 0. The van der Waals surface area contributed by atoms with Crippen molar-refractivity contribution in [2.24, 2.45) is 0 Å². The predicted molar refractivity (Wildman–Crippen MR) is 93.0 cm³/mol. The van der Waals surface area contributed by atoms with Gasteiger partial charge in [0.05, 0.1) is 30.0 Å². The Morgan fingerprint density at radius 1 is 1.33 bits per heavy atom. The molecule has 6 nitrogen and oxygen atoms in total. The summed E-state index contributed by atoms with van der Waals surface area (Å²) in [5.74, 6) is -0.108. The number of hydrogen-bond donors (Lipinski definition) is 1. The fraction of sp³-hybridized carbons (Fsp3) is 0.353. The van der Waals surface area contributed by atoms with Gasteiger partial charge in [0.1, 0.15) is 5.76 Å². The fourth-order valence-electron chi connectivity index (χ4n) is 2.18. The zero-order valence-corrected chi connectivity index (χ0v) is 15.4. The molecule has 1 heterocycles. The number of ether oxygens (including phenoxy) is 1. The van der Waals surface area contributed by atoms with Crippen LogP contribution < -0.4 is 5.32 Å². The van der Waals surface area contributed by atoms with E-state index in [1.54, 1.807) is 32.0 Å². The molecule has 128 valence electrons. The number of halogens is 1. The zero-order chi connectivity index (χ0) is 17.7. The Kier molecular flexibility index (Phi) is 6.14. The summed E-state index contributed by atoms with van der Waals surface area (Å²) < 4.78 is 11.0. The quantitative estimate of drug-likeness (QED) is 0.753. The minimum absolute atomic E-state index is 0.126. The van der Waals surface area contributed by atoms with E-state index in [0.29, 0.717) is 29.3 Å². The van der Waals surface area contributed by atoms with Gasteiger partial charge >= 0.3 is 5.97 Å². The molecule has 1 aromatic heterocycles. The first-order valence-corrected chi connectivity index (χ1v) is 8.40. The van der Waals surface area contributed by atoms with Crippen molar-refractivity contribution in [3.8, 4) is 0 Å². The van der Waals surface area contributed by atoms with Crippen molar-refractivity contribution in [1.82, 2.24) is 5.16 Å². The summed E-state index contributed by atoms with van der Waals surface area (Å²) in [4.78, 5) is 24.5. The maximum Gasteiger partial charge on any atom is 0.340 e. The molecule has 0 saturated heterocycles. The lowest BCUT2D eigenvalue weighted by atomic mass is 10.1. The van der Waals surface area contributed by atoms with E-state index in [2.05, 4.69) is 26.4 Å². The molecule has 0 unspecified atom stereocenters. The summed E-state index contributed by atoms with van der Waals surface area (Å²) in [6.45, 7) is 5.79. The van der Waals surface area contributed by atoms with Crippen LogP contribution in [0.1, 0.15) is 40.7 Å². The standard InChI is InChI=1S/C17H19BrN2O4/c1-4-7-23-17(22)14-8-12(18)5-6-15(14)19-16(21)9-13-10(2)20-24-11(13)3/h5-6,8H,4,7,9H2,1-3H3,(H,19,21). The van der Waals surface area contributed by atoms with Crippen LogP contribution in [0.2, 0.25) is 0 Å². The van der Waals surface area contributed by atoms with E-state index in [0.717, 1.165) is 16.5 Å². The molecule has 1 aromatic carbocycles. The lowest BCUT2D eigenvalue weighted by molar-refractivity contribution is -0.115. The molecule has 2 aromatic rings. The van der Waals surface area contributed by atoms with Crippen molar-refractivity contribution in [3.05, 3.63) is 45.3 Å². The molecule has 1 amide bonds. The lowest BCUT2D eigenvalue weighted by Crippen LogP contribution is -2.18. The molecule has 0 aliphatic carbocycles. The second kappa shape index (κ2) is 8.10. The van der Waals surface area contributed by atoms with Crippen molar-refractivity contribution >= 4 is 33.5 Å². The molecule has 0 atom stereocenters. The first kappa shape index (κ1) is 18.2. The van der Waals surface area contributed by atoms with Gasteiger partial charge in [-0.1, -0.05) is 28.0 Å². The third-order valence-electron chi connectivity index (χ3n) is 3.43. The van der Waals surface area contributed by atoms with Gasteiger partial charge in [-0.25, -0.2) is 4.79 Å². The summed E-state index contributed by atoms with van der Waals surface area (Å²) >= 11 is 3.33. The minimum Gasteiger partial charge on any atom is -0.462 e. The van der Waals surface area contributed by atoms with Gasteiger partial charge in [0.2, 0.25) is 5.91 Å². The topological polar surface area (TPSA) is 81.4 Å². The highest BCUT2D eigenvalue weighted by Crippen LogP contribution is 2.23. The normalized spacial score (nSPS) is 10.5. The van der Waals surface area contributed by atoms with Gasteiger partial charge in [-0.2, -0.15) is 0 Å². The number of hydrogen-bond acceptors (Lipinski definition) is 5. The van der Waals surface area contributed by atoms with E-state index in [-0.39, 0.29) is 12.3 Å². The number of nitrogens with one attached hydrogen (secondary N) is 1. The molecule has 0 spiro atoms. The van der Waals surface area contributed by atoms with E-state index in [4.69, 9.17) is 9.26 Å². The van der Waals surface area contributed by atoms with Crippen LogP contribution in [0.3, 0.4) is 0 Å². The molecule has 0 aliphatic rings. The molecule has 0 aliphatic heterocycles. The van der Waals surface area contributed by atoms with E-state index in [9.17, 15) is 9.59 Å². The van der Waals surface area contributed by atoms with Crippen LogP contribution in [-0.4, -0.2) is 23.6 Å². The van der Waals surface area contributed by atoms with Crippen molar-refractivity contribution in [3.63, 3.8) is 0 Å². The molecule has 2 rings (SSSR count). The maximum atomic E-state index is 12.3. The smallest absolute Gasteiger partial charge is 0.340 e. The Labute approximate surface area is 148 Å². The molecule has 0 radical (unpaired) electrons. The maximum absolute atomic E-state index is 12.3. The summed E-state index contributed by atoms with van der Waals surface area (Å²) in [6.07, 6.45) is 0.855. The van der Waals surface area contributed by atoms with Crippen LogP contribution in [0.25, 0.3) is 0 Å². The number of anilines is 1. The third kappa shape index (κ3) is 4.44. The van der Waals surface area contributed by atoms with Crippen LogP contribution in [0.15, 0.2) is 27.2 Å². The van der Waals surface area contributed by atoms with Crippen LogP contribution >= 0.6 is 15.9 Å². The van der Waals surface area contributed by atoms with Crippen molar-refractivity contribution in [2.45, 2.75) is 33.6 Å². The van der Waals surface area contributed by atoms with Crippen molar-refractivity contribution in [2.75, 3.05) is 11.9 Å². The monoisotopic (exact) mass is 394 g/mol. The molecular weight excluding hydrogens is 376 g/mol. The Bertz CT molecular complexity index is 736. The van der Waals surface area contributed by atoms with Gasteiger partial charge in [-0.05, 0) is 38.5 Å². The number of amides is 1. The SMILES string of the molecule is CCCOC(=O)c1cc(Br)ccc1NC(=O)Cc1c(C)noc1C. The summed E-state index contributed by atoms with van der Waals surface area (Å²) in [6, 6.07) is 5.05. The second-order valence-corrected chi connectivity index (χ2v) is 6.27. The molecule has 7 heteroatoms. The van der Waals surface area contributed by atoms with Gasteiger partial charge in [-0.3, -0.25) is 4.79 Å². The molecule has 0 bridgehead atoms. The Morgan fingerprint density at radius 3 is 2.71 bits per heavy atom.